The molecule has 2 aromatic carbocycles. The third kappa shape index (κ3) is 40.0. The van der Waals surface area contributed by atoms with Gasteiger partial charge in [-0.05, 0) is 67.9 Å². The first-order chi connectivity index (χ1) is 45.5. The molecule has 0 saturated heterocycles. The number of hydrogen-bond donors (Lipinski definition) is 16. The Morgan fingerprint density at radius 3 is 0.724 bits per heavy atom. The predicted octanol–water partition coefficient (Wildman–Crippen LogP) is 16.7. The van der Waals surface area contributed by atoms with Gasteiger partial charge >= 0.3 is 32.9 Å². The van der Waals surface area contributed by atoms with Crippen LogP contribution in [0.1, 0.15) is 349 Å². The van der Waals surface area contributed by atoms with E-state index in [1.54, 1.807) is 0 Å². The standard InChI is InChI=1S/C41H84O4.C33H52O4.H4O7P2.H4O5P2/c1-3-5-7-9-11-13-15-17-19-21-23-25-27-29-31-33-35-41(45,40(37-42,38-43)39-44)36-34-32-30-28-26-24-22-20-18-16-14-12-10-8-6-4-2;1-28(2,3)22-13-15-24(26(17-22)30(7,8)9)33(37,32(19-34,20-35)21-36)25-16-14-23(29(4,5)6)18-27(25)31(10,11)12;1-8(2,3)7-9(4,5)6;1-6(2)5-7(3)4/h42-45H,3-39H2,1-2H3;13-18,34-37H,19-21H2,1-12H3;(H2,1,2,3)(H2,4,5,6);1-4H. The fourth-order valence-electron chi connectivity index (χ4n) is 12.5. The highest BCUT2D eigenvalue weighted by molar-refractivity contribution is 7.60. The molecule has 0 spiro atoms. The normalized spacial score (nSPS) is 13.1. The molecular formula is C74H144O20P4. The van der Waals surface area contributed by atoms with Gasteiger partial charge in [-0.3, -0.25) is 0 Å². The minimum absolute atomic E-state index is 0.108. The molecule has 0 heterocycles. The second-order valence-corrected chi connectivity index (χ2v) is 35.8. The number of rotatable bonds is 48. The van der Waals surface area contributed by atoms with Crippen LogP contribution in [0.15, 0.2) is 36.4 Å². The van der Waals surface area contributed by atoms with Crippen LogP contribution in [0.4, 0.5) is 0 Å². The van der Waals surface area contributed by atoms with Gasteiger partial charge in [0.1, 0.15) is 5.60 Å². The molecule has 24 heteroatoms. The van der Waals surface area contributed by atoms with Gasteiger partial charge in [0.25, 0.3) is 0 Å². The molecule has 0 bridgehead atoms. The van der Waals surface area contributed by atoms with Gasteiger partial charge in [-0.2, -0.15) is 4.31 Å². The summed E-state index contributed by atoms with van der Waals surface area (Å²) in [7, 11) is -15.3. The van der Waals surface area contributed by atoms with E-state index in [-0.39, 0.29) is 41.5 Å². The first-order valence-corrected chi connectivity index (χ1v) is 42.1. The largest absolute Gasteiger partial charge is 0.478 e. The van der Waals surface area contributed by atoms with Crippen LogP contribution in [0.2, 0.25) is 0 Å². The Labute approximate surface area is 596 Å². The lowest BCUT2D eigenvalue weighted by atomic mass is 9.60. The van der Waals surface area contributed by atoms with E-state index in [4.69, 9.17) is 39.1 Å². The van der Waals surface area contributed by atoms with Crippen LogP contribution >= 0.6 is 32.9 Å². The van der Waals surface area contributed by atoms with Gasteiger partial charge in [-0.25, -0.2) is 13.4 Å². The fourth-order valence-corrected chi connectivity index (χ4v) is 14.1. The summed E-state index contributed by atoms with van der Waals surface area (Å²) in [5.74, 6) is 0. The number of benzene rings is 2. The van der Waals surface area contributed by atoms with Crippen molar-refractivity contribution in [3.63, 3.8) is 0 Å². The molecule has 580 valence electrons. The highest BCUT2D eigenvalue weighted by Gasteiger charge is 2.55. The van der Waals surface area contributed by atoms with E-state index >= 15 is 0 Å². The summed E-state index contributed by atoms with van der Waals surface area (Å²) in [6.45, 7) is 27.2. The molecule has 0 saturated carbocycles. The van der Waals surface area contributed by atoms with E-state index in [2.05, 4.69) is 118 Å². The van der Waals surface area contributed by atoms with Crippen molar-refractivity contribution in [2.24, 2.45) is 10.8 Å². The Morgan fingerprint density at radius 1 is 0.337 bits per heavy atom. The second-order valence-electron chi connectivity index (χ2n) is 31.5. The average molecular weight is 1480 g/mol. The van der Waals surface area contributed by atoms with Gasteiger partial charge < -0.3 is 80.0 Å². The Kier molecular flexibility index (Phi) is 51.1. The number of unbranched alkanes of at least 4 members (excludes halogenated alkanes) is 30. The van der Waals surface area contributed by atoms with Crippen molar-refractivity contribution in [1.82, 2.24) is 0 Å². The molecule has 2 rings (SSSR count). The molecule has 0 aromatic heterocycles. The first-order valence-electron chi connectivity index (χ1n) is 36.8. The molecule has 20 nitrogen and oxygen atoms in total. The van der Waals surface area contributed by atoms with E-state index in [1.807, 2.05) is 24.3 Å². The summed E-state index contributed by atoms with van der Waals surface area (Å²) in [5.41, 5.74) is -1.57. The summed E-state index contributed by atoms with van der Waals surface area (Å²) >= 11 is 0. The number of phosphoric acid groups is 2. The maximum atomic E-state index is 13.1. The minimum atomic E-state index is -5.05. The second kappa shape index (κ2) is 50.5. The van der Waals surface area contributed by atoms with Crippen molar-refractivity contribution in [1.29, 1.82) is 0 Å². The molecule has 0 fully saturated rings. The van der Waals surface area contributed by atoms with E-state index in [0.29, 0.717) is 24.0 Å². The molecular weight excluding hydrogens is 1330 g/mol. The van der Waals surface area contributed by atoms with Crippen molar-refractivity contribution in [2.75, 3.05) is 39.6 Å². The lowest BCUT2D eigenvalue weighted by Gasteiger charge is -2.49. The molecule has 2 aromatic rings. The summed E-state index contributed by atoms with van der Waals surface area (Å²) in [5, 5.41) is 87.2. The van der Waals surface area contributed by atoms with E-state index < -0.39 is 74.7 Å². The Balaban J connectivity index is 0. The average Bonchev–Trinajstić information content (AvgIpc) is 0.714. The first kappa shape index (κ1) is 99.1. The van der Waals surface area contributed by atoms with Crippen molar-refractivity contribution in [2.45, 2.75) is 348 Å². The van der Waals surface area contributed by atoms with Gasteiger partial charge in [0, 0.05) is 0 Å². The molecule has 0 aliphatic heterocycles. The zero-order valence-electron chi connectivity index (χ0n) is 63.3. The number of aliphatic hydroxyl groups excluding tert-OH is 6. The molecule has 98 heavy (non-hydrogen) atoms. The van der Waals surface area contributed by atoms with Crippen molar-refractivity contribution < 1.29 is 97.8 Å². The van der Waals surface area contributed by atoms with Gasteiger partial charge in [0.05, 0.1) is 56.1 Å². The number of aliphatic hydroxyl groups is 8. The van der Waals surface area contributed by atoms with Crippen LogP contribution in [0.3, 0.4) is 0 Å². The zero-order chi connectivity index (χ0) is 75.6. The third-order valence-electron chi connectivity index (χ3n) is 19.0. The third-order valence-corrected chi connectivity index (χ3v) is 21.9. The monoisotopic (exact) mass is 1480 g/mol. The van der Waals surface area contributed by atoms with Crippen molar-refractivity contribution in [3.05, 3.63) is 69.8 Å². The van der Waals surface area contributed by atoms with Gasteiger partial charge in [0.2, 0.25) is 0 Å². The molecule has 16 N–H and O–H groups in total. The molecule has 0 aliphatic rings. The molecule has 0 amide bonds. The van der Waals surface area contributed by atoms with Crippen molar-refractivity contribution in [3.8, 4) is 0 Å². The number of hydrogen-bond acceptors (Lipinski definition) is 16. The smallest absolute Gasteiger partial charge is 0.395 e. The predicted molar refractivity (Wildman–Crippen MR) is 400 cm³/mol. The van der Waals surface area contributed by atoms with Crippen molar-refractivity contribution >= 4 is 32.9 Å². The summed E-state index contributed by atoms with van der Waals surface area (Å²) < 4.78 is 25.8. The van der Waals surface area contributed by atoms with Crippen LogP contribution in [0.25, 0.3) is 0 Å². The Bertz CT molecular complexity index is 2260. The minimum Gasteiger partial charge on any atom is -0.395 e. The van der Waals surface area contributed by atoms with E-state index in [0.717, 1.165) is 47.9 Å². The topological polar surface area (TPSA) is 376 Å². The SMILES string of the molecule is CC(C)(C)c1ccc(C(O)(c2ccc(C(C)(C)C)cc2C(C)(C)C)C(CO)(CO)CO)c(C(C)(C)C)c1.CCCCCCCCCCCCCCCCCCC(O)(CCCCCCCCCCCCCCCCCC)C(CO)(CO)CO.O=P(O)(O)OP(=O)(O)O.OP(O)OP(O)O. The van der Waals surface area contributed by atoms with Crippen LogP contribution in [-0.4, -0.2) is 125 Å². The summed E-state index contributed by atoms with van der Waals surface area (Å²) in [6.07, 6.45) is 43.0. The lowest BCUT2D eigenvalue weighted by molar-refractivity contribution is -0.162. The summed E-state index contributed by atoms with van der Waals surface area (Å²) in [6, 6.07) is 12.2. The molecule has 0 aliphatic carbocycles. The van der Waals surface area contributed by atoms with Crippen LogP contribution in [-0.2, 0) is 45.0 Å². The van der Waals surface area contributed by atoms with E-state index in [1.165, 1.54) is 180 Å². The quantitative estimate of drug-likeness (QED) is 0.0216. The lowest BCUT2D eigenvalue weighted by Crippen LogP contribution is -2.55. The molecule has 0 radical (unpaired) electrons. The Hall–Kier alpha value is -0.960. The fraction of sp³-hybridized carbons (Fsp3) is 0.838. The maximum absolute atomic E-state index is 13.1. The van der Waals surface area contributed by atoms with Gasteiger partial charge in [0.15, 0.2) is 0 Å². The van der Waals surface area contributed by atoms with Gasteiger partial charge in [-0.1, -0.05) is 339 Å². The van der Waals surface area contributed by atoms with Crippen LogP contribution in [0.5, 0.6) is 0 Å². The maximum Gasteiger partial charge on any atom is 0.478 e. The molecule has 0 unspecified atom stereocenters. The van der Waals surface area contributed by atoms with Crippen LogP contribution < -0.4 is 0 Å². The highest BCUT2D eigenvalue weighted by Crippen LogP contribution is 2.54. The highest BCUT2D eigenvalue weighted by atomic mass is 31.3. The van der Waals surface area contributed by atoms with Gasteiger partial charge in [-0.15, -0.1) is 0 Å². The summed E-state index contributed by atoms with van der Waals surface area (Å²) in [4.78, 5) is 62.3. The Morgan fingerprint density at radius 2 is 0.561 bits per heavy atom. The van der Waals surface area contributed by atoms with Crippen LogP contribution in [0, 0.1) is 10.8 Å². The molecule has 0 atom stereocenters. The zero-order valence-corrected chi connectivity index (χ0v) is 66.9. The van der Waals surface area contributed by atoms with E-state index in [9.17, 15) is 50.0 Å².